The Balaban J connectivity index is 1.64. The zero-order valence-corrected chi connectivity index (χ0v) is 18.8. The first kappa shape index (κ1) is 23.4. The first-order valence-corrected chi connectivity index (χ1v) is 12.7. The minimum atomic E-state index is -4.06. The fourth-order valence-electron chi connectivity index (χ4n) is 4.86. The number of rotatable bonds is 5. The van der Waals surface area contributed by atoms with Crippen LogP contribution in [-0.4, -0.2) is 58.0 Å². The molecule has 0 spiro atoms. The molecule has 0 amide bonds. The summed E-state index contributed by atoms with van der Waals surface area (Å²) in [7, 11) is -3.26. The molecule has 0 bridgehead atoms. The molecule has 1 aliphatic carbocycles. The molecule has 1 unspecified atom stereocenters. The van der Waals surface area contributed by atoms with Crippen LogP contribution in [0.1, 0.15) is 39.5 Å². The second kappa shape index (κ2) is 9.07. The summed E-state index contributed by atoms with van der Waals surface area (Å²) < 4.78 is 62.6. The number of alkyl halides is 3. The number of sulfone groups is 1. The van der Waals surface area contributed by atoms with Gasteiger partial charge in [-0.15, -0.1) is 0 Å². The van der Waals surface area contributed by atoms with E-state index in [1.165, 1.54) is 6.26 Å². The molecule has 170 valence electrons. The van der Waals surface area contributed by atoms with E-state index in [4.69, 9.17) is 0 Å². The Morgan fingerprint density at radius 1 is 1.10 bits per heavy atom. The van der Waals surface area contributed by atoms with Crippen LogP contribution < -0.4 is 4.90 Å². The van der Waals surface area contributed by atoms with Gasteiger partial charge in [0.2, 0.25) is 0 Å². The molecule has 1 aromatic rings. The van der Waals surface area contributed by atoms with Gasteiger partial charge in [-0.1, -0.05) is 19.9 Å². The molecular weight excluding hydrogens is 413 g/mol. The van der Waals surface area contributed by atoms with Gasteiger partial charge in [0.25, 0.3) is 0 Å². The van der Waals surface area contributed by atoms with E-state index in [0.717, 1.165) is 31.9 Å². The Labute approximate surface area is 178 Å². The van der Waals surface area contributed by atoms with Crippen molar-refractivity contribution in [2.24, 2.45) is 17.8 Å². The van der Waals surface area contributed by atoms with Crippen molar-refractivity contribution in [3.63, 3.8) is 0 Å². The van der Waals surface area contributed by atoms with Gasteiger partial charge in [0, 0.05) is 44.2 Å². The summed E-state index contributed by atoms with van der Waals surface area (Å²) in [6, 6.07) is 7.37. The summed E-state index contributed by atoms with van der Waals surface area (Å²) in [5.41, 5.74) is 0.911. The number of hydrogen-bond donors (Lipinski definition) is 0. The van der Waals surface area contributed by atoms with Gasteiger partial charge in [0.05, 0.1) is 10.8 Å². The van der Waals surface area contributed by atoms with Crippen molar-refractivity contribution in [2.45, 2.75) is 56.6 Å². The highest BCUT2D eigenvalue weighted by Crippen LogP contribution is 2.40. The summed E-state index contributed by atoms with van der Waals surface area (Å²) >= 11 is 0. The molecule has 0 radical (unpaired) electrons. The third kappa shape index (κ3) is 5.69. The van der Waals surface area contributed by atoms with Gasteiger partial charge in [-0.05, 0) is 55.7 Å². The minimum absolute atomic E-state index is 0.249. The fraction of sp³-hybridized carbons (Fsp3) is 0.727. The number of benzene rings is 1. The number of hydrogen-bond acceptors (Lipinski definition) is 4. The van der Waals surface area contributed by atoms with Crippen molar-refractivity contribution in [3.05, 3.63) is 24.3 Å². The Morgan fingerprint density at radius 3 is 2.33 bits per heavy atom. The maximum Gasteiger partial charge on any atom is 0.391 e. The molecule has 1 atom stereocenters. The highest BCUT2D eigenvalue weighted by atomic mass is 32.2. The molecule has 0 N–H and O–H groups in total. The summed E-state index contributed by atoms with van der Waals surface area (Å²) in [5.74, 6) is -0.406. The predicted molar refractivity (Wildman–Crippen MR) is 113 cm³/mol. The highest BCUT2D eigenvalue weighted by Gasteiger charge is 2.42. The lowest BCUT2D eigenvalue weighted by Gasteiger charge is -2.46. The second-order valence-corrected chi connectivity index (χ2v) is 11.3. The molecule has 8 heteroatoms. The molecule has 4 nitrogen and oxygen atoms in total. The van der Waals surface area contributed by atoms with Crippen molar-refractivity contribution in [1.82, 2.24) is 4.90 Å². The van der Waals surface area contributed by atoms with E-state index in [-0.39, 0.29) is 12.8 Å². The van der Waals surface area contributed by atoms with Gasteiger partial charge < -0.3 is 4.90 Å². The number of anilines is 1. The van der Waals surface area contributed by atoms with E-state index in [0.29, 0.717) is 35.6 Å². The fourth-order valence-corrected chi connectivity index (χ4v) is 5.52. The minimum Gasteiger partial charge on any atom is -0.369 e. The molecule has 1 saturated carbocycles. The van der Waals surface area contributed by atoms with Crippen LogP contribution in [0.25, 0.3) is 0 Å². The zero-order valence-electron chi connectivity index (χ0n) is 18.0. The van der Waals surface area contributed by atoms with Gasteiger partial charge in [0.15, 0.2) is 9.84 Å². The van der Waals surface area contributed by atoms with Crippen LogP contribution in [0.4, 0.5) is 18.9 Å². The van der Waals surface area contributed by atoms with Crippen LogP contribution in [0, 0.1) is 17.8 Å². The smallest absolute Gasteiger partial charge is 0.369 e. The first-order chi connectivity index (χ1) is 13.9. The monoisotopic (exact) mass is 446 g/mol. The SMILES string of the molecule is CC(C)C1CN(c2cccc(S(C)(=O)=O)c2)CCN1CC1CCC(C(F)(F)F)CC1. The largest absolute Gasteiger partial charge is 0.391 e. The average molecular weight is 447 g/mol. The molecular formula is C22H33F3N2O2S. The van der Waals surface area contributed by atoms with Crippen LogP contribution >= 0.6 is 0 Å². The van der Waals surface area contributed by atoms with E-state index in [9.17, 15) is 21.6 Å². The van der Waals surface area contributed by atoms with Gasteiger partial charge >= 0.3 is 6.18 Å². The third-order valence-electron chi connectivity index (χ3n) is 6.72. The lowest BCUT2D eigenvalue weighted by atomic mass is 9.81. The van der Waals surface area contributed by atoms with Crippen LogP contribution in [0.15, 0.2) is 29.2 Å². The van der Waals surface area contributed by atoms with Crippen molar-refractivity contribution in [2.75, 3.05) is 37.3 Å². The molecule has 3 rings (SSSR count). The summed E-state index contributed by atoms with van der Waals surface area (Å²) in [6.07, 6.45) is -1.05. The Hall–Kier alpha value is -1.28. The molecule has 1 aromatic carbocycles. The van der Waals surface area contributed by atoms with E-state index < -0.39 is 21.9 Å². The lowest BCUT2D eigenvalue weighted by molar-refractivity contribution is -0.184. The first-order valence-electron chi connectivity index (χ1n) is 10.8. The third-order valence-corrected chi connectivity index (χ3v) is 7.83. The summed E-state index contributed by atoms with van der Waals surface area (Å²) in [4.78, 5) is 5.00. The Bertz CT molecular complexity index is 818. The van der Waals surface area contributed by atoms with E-state index in [2.05, 4.69) is 23.6 Å². The van der Waals surface area contributed by atoms with E-state index in [1.54, 1.807) is 18.2 Å². The number of halogens is 3. The number of piperazine rings is 1. The maximum atomic E-state index is 12.9. The lowest BCUT2D eigenvalue weighted by Crippen LogP contribution is -2.56. The van der Waals surface area contributed by atoms with Crippen molar-refractivity contribution in [1.29, 1.82) is 0 Å². The molecule has 1 saturated heterocycles. The van der Waals surface area contributed by atoms with E-state index >= 15 is 0 Å². The molecule has 1 aliphatic heterocycles. The van der Waals surface area contributed by atoms with Crippen molar-refractivity contribution in [3.8, 4) is 0 Å². The molecule has 30 heavy (non-hydrogen) atoms. The molecule has 0 aromatic heterocycles. The highest BCUT2D eigenvalue weighted by molar-refractivity contribution is 7.90. The normalized spacial score (nSPS) is 26.9. The summed E-state index contributed by atoms with van der Waals surface area (Å²) in [6.45, 7) is 7.62. The van der Waals surface area contributed by atoms with Crippen molar-refractivity contribution < 1.29 is 21.6 Å². The van der Waals surface area contributed by atoms with Crippen LogP contribution in [0.3, 0.4) is 0 Å². The van der Waals surface area contributed by atoms with Crippen LogP contribution in [0.2, 0.25) is 0 Å². The topological polar surface area (TPSA) is 40.6 Å². The maximum absolute atomic E-state index is 12.9. The number of nitrogens with zero attached hydrogens (tertiary/aromatic N) is 2. The second-order valence-electron chi connectivity index (χ2n) is 9.28. The standard InChI is InChI=1S/C22H33F3N2O2S/c1-16(2)21-15-26(19-5-4-6-20(13-19)30(3,28)29)11-12-27(21)14-17-7-9-18(10-8-17)22(23,24)25/h4-6,13,16-18,21H,7-12,14-15H2,1-3H3. The van der Waals surface area contributed by atoms with Gasteiger partial charge in [-0.2, -0.15) is 13.2 Å². The Kier molecular flexibility index (Phi) is 7.07. The molecule has 1 heterocycles. The average Bonchev–Trinajstić information content (AvgIpc) is 2.67. The van der Waals surface area contributed by atoms with Gasteiger partial charge in [-0.25, -0.2) is 8.42 Å². The molecule has 2 fully saturated rings. The van der Waals surface area contributed by atoms with E-state index in [1.807, 2.05) is 6.07 Å². The van der Waals surface area contributed by atoms with Gasteiger partial charge in [0.1, 0.15) is 0 Å². The molecule has 2 aliphatic rings. The quantitative estimate of drug-likeness (QED) is 0.663. The summed E-state index contributed by atoms with van der Waals surface area (Å²) in [5, 5.41) is 0. The van der Waals surface area contributed by atoms with Crippen LogP contribution in [0.5, 0.6) is 0 Å². The van der Waals surface area contributed by atoms with Crippen LogP contribution in [-0.2, 0) is 9.84 Å². The van der Waals surface area contributed by atoms with Gasteiger partial charge in [-0.3, -0.25) is 4.90 Å². The zero-order chi connectivity index (χ0) is 22.1. The van der Waals surface area contributed by atoms with Crippen molar-refractivity contribution >= 4 is 15.5 Å². The Morgan fingerprint density at radius 2 is 1.77 bits per heavy atom. The predicted octanol–water partition coefficient (Wildman–Crippen LogP) is 4.61.